The Bertz CT molecular complexity index is 761. The molecule has 0 saturated heterocycles. The molecule has 190 valence electrons. The number of hydrogen-bond donors (Lipinski definition) is 3. The number of hydrogen-bond acceptors (Lipinski definition) is 5. The van der Waals surface area contributed by atoms with Gasteiger partial charge < -0.3 is 16.0 Å². The van der Waals surface area contributed by atoms with Crippen molar-refractivity contribution in [3.05, 3.63) is 42.1 Å². The highest BCUT2D eigenvalue weighted by Gasteiger charge is 2.17. The van der Waals surface area contributed by atoms with Crippen molar-refractivity contribution < 1.29 is 9.59 Å². The molecule has 0 saturated carbocycles. The zero-order valence-electron chi connectivity index (χ0n) is 22.0. The average Bonchev–Trinajstić information content (AvgIpc) is 2.78. The number of thioether (sulfide) groups is 1. The molecule has 0 bridgehead atoms. The van der Waals surface area contributed by atoms with E-state index < -0.39 is 0 Å². The standard InChI is InChI=1S/C25H43N3OS.C3H2O/c1-19(2)17-23(21-9-11-22(26-7)12-10-21)20(3)27-13-8-15-30-16-14-28-24(29)18-25(4,5)6;1-2-3-4/h9-12,19,23,26-27H,3,8,13-18H2,1-2,4-7H3,(H,28,29);1,3H. The Morgan fingerprint density at radius 2 is 1.76 bits per heavy atom. The second kappa shape index (κ2) is 18.0. The van der Waals surface area contributed by atoms with Gasteiger partial charge in [-0.05, 0) is 53.5 Å². The summed E-state index contributed by atoms with van der Waals surface area (Å²) in [6.07, 6.45) is 7.58. The second-order valence-corrected chi connectivity index (χ2v) is 11.1. The smallest absolute Gasteiger partial charge is 0.220 e. The Kier molecular flexibility index (Phi) is 16.7. The van der Waals surface area contributed by atoms with Crippen LogP contribution in [-0.2, 0) is 9.59 Å². The number of benzene rings is 1. The van der Waals surface area contributed by atoms with E-state index in [2.05, 4.69) is 87.8 Å². The Hall–Kier alpha value is -2.39. The Labute approximate surface area is 212 Å². The Morgan fingerprint density at radius 3 is 2.26 bits per heavy atom. The Morgan fingerprint density at radius 1 is 1.15 bits per heavy atom. The van der Waals surface area contributed by atoms with Gasteiger partial charge in [0.05, 0.1) is 0 Å². The van der Waals surface area contributed by atoms with Crippen molar-refractivity contribution in [1.29, 1.82) is 0 Å². The SMILES string of the molecule is C#CC=O.C=C(NCCCSCCNC(=O)CC(C)(C)C)C(CC(C)C)c1ccc(NC)cc1. The third kappa shape index (κ3) is 16.3. The van der Waals surface area contributed by atoms with Crippen molar-refractivity contribution in [2.75, 3.05) is 37.0 Å². The van der Waals surface area contributed by atoms with Crippen molar-refractivity contribution in [3.63, 3.8) is 0 Å². The molecule has 5 nitrogen and oxygen atoms in total. The van der Waals surface area contributed by atoms with Gasteiger partial charge in [-0.2, -0.15) is 11.8 Å². The van der Waals surface area contributed by atoms with E-state index in [0.29, 0.717) is 24.5 Å². The number of nitrogens with one attached hydrogen (secondary N) is 3. The molecule has 1 amide bonds. The van der Waals surface area contributed by atoms with E-state index in [0.717, 1.165) is 48.8 Å². The normalized spacial score (nSPS) is 11.5. The molecular weight excluding hydrogens is 442 g/mol. The first kappa shape index (κ1) is 31.6. The number of anilines is 1. The van der Waals surface area contributed by atoms with Gasteiger partial charge in [0.25, 0.3) is 0 Å². The first-order chi connectivity index (χ1) is 16.0. The molecular formula is C28H45N3O2S. The lowest BCUT2D eigenvalue weighted by molar-refractivity contribution is -0.122. The van der Waals surface area contributed by atoms with Gasteiger partial charge in [0.2, 0.25) is 5.91 Å². The summed E-state index contributed by atoms with van der Waals surface area (Å²) >= 11 is 1.89. The maximum atomic E-state index is 11.8. The largest absolute Gasteiger partial charge is 0.388 e. The van der Waals surface area contributed by atoms with Crippen LogP contribution >= 0.6 is 11.8 Å². The van der Waals surface area contributed by atoms with Crippen LogP contribution in [0.15, 0.2) is 36.5 Å². The molecule has 1 aromatic rings. The first-order valence-electron chi connectivity index (χ1n) is 12.0. The van der Waals surface area contributed by atoms with Gasteiger partial charge in [-0.3, -0.25) is 9.59 Å². The number of allylic oxidation sites excluding steroid dienone is 1. The molecule has 0 spiro atoms. The molecule has 1 aromatic carbocycles. The van der Waals surface area contributed by atoms with Crippen LogP contribution in [0, 0.1) is 23.7 Å². The summed E-state index contributed by atoms with van der Waals surface area (Å²) in [7, 11) is 1.94. The Balaban J connectivity index is 0.00000251. The third-order valence-corrected chi connectivity index (χ3v) is 5.94. The van der Waals surface area contributed by atoms with Gasteiger partial charge in [-0.15, -0.1) is 6.42 Å². The molecule has 6 heteroatoms. The van der Waals surface area contributed by atoms with Crippen LogP contribution in [0.4, 0.5) is 5.69 Å². The number of carbonyl (C=O) groups is 2. The van der Waals surface area contributed by atoms with Crippen LogP contribution in [0.5, 0.6) is 0 Å². The molecule has 0 radical (unpaired) electrons. The fraction of sp³-hybridized carbons (Fsp3) is 0.571. The number of amides is 1. The van der Waals surface area contributed by atoms with Crippen LogP contribution in [0.2, 0.25) is 0 Å². The minimum atomic E-state index is 0.0493. The van der Waals surface area contributed by atoms with Gasteiger partial charge in [0, 0.05) is 49.6 Å². The quantitative estimate of drug-likeness (QED) is 0.185. The molecule has 0 heterocycles. The molecule has 0 aromatic heterocycles. The van der Waals surface area contributed by atoms with Gasteiger partial charge in [-0.1, -0.05) is 53.3 Å². The van der Waals surface area contributed by atoms with E-state index in [4.69, 9.17) is 4.79 Å². The van der Waals surface area contributed by atoms with Crippen molar-refractivity contribution in [2.45, 2.75) is 59.8 Å². The highest BCUT2D eigenvalue weighted by atomic mass is 32.2. The predicted octanol–water partition coefficient (Wildman–Crippen LogP) is 5.46. The van der Waals surface area contributed by atoms with E-state index in [-0.39, 0.29) is 11.3 Å². The summed E-state index contributed by atoms with van der Waals surface area (Å²) in [6.45, 7) is 16.8. The molecule has 1 rings (SSSR count). The van der Waals surface area contributed by atoms with E-state index >= 15 is 0 Å². The molecule has 0 aliphatic carbocycles. The van der Waals surface area contributed by atoms with Gasteiger partial charge in [0.1, 0.15) is 0 Å². The summed E-state index contributed by atoms with van der Waals surface area (Å²) < 4.78 is 0. The zero-order valence-corrected chi connectivity index (χ0v) is 22.8. The van der Waals surface area contributed by atoms with Gasteiger partial charge in [0.15, 0.2) is 6.29 Å². The molecule has 0 aliphatic rings. The van der Waals surface area contributed by atoms with Crippen LogP contribution in [0.3, 0.4) is 0 Å². The van der Waals surface area contributed by atoms with Crippen molar-refractivity contribution >= 4 is 29.6 Å². The van der Waals surface area contributed by atoms with Crippen LogP contribution < -0.4 is 16.0 Å². The fourth-order valence-electron chi connectivity index (χ4n) is 3.29. The summed E-state index contributed by atoms with van der Waals surface area (Å²) in [5.41, 5.74) is 3.61. The maximum Gasteiger partial charge on any atom is 0.220 e. The molecule has 0 fully saturated rings. The number of carbonyl (C=O) groups excluding carboxylic acids is 2. The number of terminal acetylenes is 1. The van der Waals surface area contributed by atoms with Crippen LogP contribution in [0.25, 0.3) is 0 Å². The van der Waals surface area contributed by atoms with Crippen LogP contribution in [0.1, 0.15) is 65.4 Å². The monoisotopic (exact) mass is 487 g/mol. The third-order valence-electron chi connectivity index (χ3n) is 4.87. The average molecular weight is 488 g/mol. The zero-order chi connectivity index (χ0) is 26.0. The summed E-state index contributed by atoms with van der Waals surface area (Å²) in [4.78, 5) is 20.8. The molecule has 1 atom stereocenters. The van der Waals surface area contributed by atoms with E-state index in [1.165, 1.54) is 5.56 Å². The fourth-order valence-corrected chi connectivity index (χ4v) is 4.09. The van der Waals surface area contributed by atoms with Crippen molar-refractivity contribution in [1.82, 2.24) is 10.6 Å². The highest BCUT2D eigenvalue weighted by molar-refractivity contribution is 7.99. The van der Waals surface area contributed by atoms with E-state index in [1.807, 2.05) is 18.8 Å². The maximum absolute atomic E-state index is 11.8. The van der Waals surface area contributed by atoms with Crippen LogP contribution in [-0.4, -0.2) is 43.8 Å². The number of aldehydes is 1. The minimum absolute atomic E-state index is 0.0493. The van der Waals surface area contributed by atoms with E-state index in [1.54, 1.807) is 5.92 Å². The topological polar surface area (TPSA) is 70.2 Å². The first-order valence-corrected chi connectivity index (χ1v) is 13.1. The second-order valence-electron chi connectivity index (χ2n) is 9.84. The highest BCUT2D eigenvalue weighted by Crippen LogP contribution is 2.29. The van der Waals surface area contributed by atoms with Crippen molar-refractivity contribution in [3.8, 4) is 12.3 Å². The van der Waals surface area contributed by atoms with E-state index in [9.17, 15) is 4.79 Å². The lowest BCUT2D eigenvalue weighted by Crippen LogP contribution is -2.29. The van der Waals surface area contributed by atoms with Crippen molar-refractivity contribution in [2.24, 2.45) is 11.3 Å². The molecule has 0 aliphatic heterocycles. The molecule has 1 unspecified atom stereocenters. The lowest BCUT2D eigenvalue weighted by atomic mass is 9.88. The summed E-state index contributed by atoms with van der Waals surface area (Å²) in [6, 6.07) is 8.67. The lowest BCUT2D eigenvalue weighted by Gasteiger charge is -2.23. The molecule has 34 heavy (non-hydrogen) atoms. The summed E-state index contributed by atoms with van der Waals surface area (Å²) in [5, 5.41) is 9.75. The van der Waals surface area contributed by atoms with Gasteiger partial charge >= 0.3 is 0 Å². The number of rotatable bonds is 14. The van der Waals surface area contributed by atoms with Gasteiger partial charge in [-0.25, -0.2) is 0 Å². The molecule has 3 N–H and O–H groups in total. The summed E-state index contributed by atoms with van der Waals surface area (Å²) in [5.74, 6) is 4.90. The predicted molar refractivity (Wildman–Crippen MR) is 149 cm³/mol. The minimum Gasteiger partial charge on any atom is -0.388 e.